The van der Waals surface area contributed by atoms with Crippen LogP contribution >= 0.6 is 0 Å². The molecule has 0 bridgehead atoms. The van der Waals surface area contributed by atoms with Gasteiger partial charge in [0.05, 0.1) is 31.4 Å². The van der Waals surface area contributed by atoms with E-state index in [4.69, 9.17) is 14.2 Å². The predicted octanol–water partition coefficient (Wildman–Crippen LogP) is 2.77. The highest BCUT2D eigenvalue weighted by atomic mass is 16.6. The second-order valence-corrected chi connectivity index (χ2v) is 8.58. The van der Waals surface area contributed by atoms with Gasteiger partial charge in [-0.2, -0.15) is 0 Å². The van der Waals surface area contributed by atoms with Gasteiger partial charge < -0.3 is 19.1 Å². The van der Waals surface area contributed by atoms with E-state index in [1.165, 1.54) is 25.1 Å². The summed E-state index contributed by atoms with van der Waals surface area (Å²) in [5.41, 5.74) is -0.190. The molecular weight excluding hydrogens is 414 g/mol. The average Bonchev–Trinajstić information content (AvgIpc) is 2.73. The molecule has 1 aromatic carbocycles. The van der Waals surface area contributed by atoms with E-state index in [1.807, 2.05) is 20.8 Å². The summed E-state index contributed by atoms with van der Waals surface area (Å²) >= 11 is 0. The lowest BCUT2D eigenvalue weighted by Crippen LogP contribution is -2.29. The van der Waals surface area contributed by atoms with Crippen molar-refractivity contribution in [2.75, 3.05) is 27.8 Å². The van der Waals surface area contributed by atoms with E-state index < -0.39 is 5.60 Å². The smallest absolute Gasteiger partial charge is 0.306 e. The molecule has 0 unspecified atom stereocenters. The minimum absolute atomic E-state index is 0.0395. The third-order valence-corrected chi connectivity index (χ3v) is 4.84. The number of carbonyl (C=O) groups excluding carboxylic acids is 2. The fraction of sp³-hybridized carbons (Fsp3) is 0.565. The van der Waals surface area contributed by atoms with Crippen molar-refractivity contribution in [1.82, 2.24) is 14.5 Å². The van der Waals surface area contributed by atoms with Crippen LogP contribution in [0.25, 0.3) is 10.9 Å². The Kier molecular flexibility index (Phi) is 8.63. The van der Waals surface area contributed by atoms with Crippen molar-refractivity contribution in [2.24, 2.45) is 0 Å². The molecule has 0 spiro atoms. The molecule has 9 nitrogen and oxygen atoms in total. The maximum Gasteiger partial charge on any atom is 0.306 e. The van der Waals surface area contributed by atoms with E-state index in [9.17, 15) is 14.4 Å². The first-order valence-electron chi connectivity index (χ1n) is 10.6. The number of carbonyl (C=O) groups is 2. The standard InChI is InChI=1S/C23H33N3O6/c1-23(2,3)32-21(28)10-8-11-25(4)20(27)9-7-12-26-15-24-17-14-19(31-6)18(30-5)13-16(17)22(26)29/h13-15H,7-12H2,1-6H3. The molecule has 32 heavy (non-hydrogen) atoms. The topological polar surface area (TPSA) is 100.0 Å². The minimum Gasteiger partial charge on any atom is -0.493 e. The van der Waals surface area contributed by atoms with Gasteiger partial charge in [0.1, 0.15) is 5.60 Å². The Labute approximate surface area is 188 Å². The van der Waals surface area contributed by atoms with Crippen molar-refractivity contribution in [3.05, 3.63) is 28.8 Å². The van der Waals surface area contributed by atoms with Crippen molar-refractivity contribution in [1.29, 1.82) is 0 Å². The molecule has 0 N–H and O–H groups in total. The average molecular weight is 448 g/mol. The maximum atomic E-state index is 12.8. The molecule has 9 heteroatoms. The fourth-order valence-corrected chi connectivity index (χ4v) is 3.21. The predicted molar refractivity (Wildman–Crippen MR) is 121 cm³/mol. The fourth-order valence-electron chi connectivity index (χ4n) is 3.21. The lowest BCUT2D eigenvalue weighted by molar-refractivity contribution is -0.155. The highest BCUT2D eigenvalue weighted by Gasteiger charge is 2.17. The third kappa shape index (κ3) is 6.96. The number of esters is 1. The first kappa shape index (κ1) is 25.2. The quantitative estimate of drug-likeness (QED) is 0.516. The number of nitrogens with zero attached hydrogens (tertiary/aromatic N) is 3. The number of rotatable bonds is 10. The number of hydrogen-bond acceptors (Lipinski definition) is 7. The number of benzene rings is 1. The Balaban J connectivity index is 1.88. The van der Waals surface area contributed by atoms with Crippen molar-refractivity contribution in [3.8, 4) is 11.5 Å². The monoisotopic (exact) mass is 447 g/mol. The molecule has 0 saturated heterocycles. The summed E-state index contributed by atoms with van der Waals surface area (Å²) in [7, 11) is 4.74. The van der Waals surface area contributed by atoms with Crippen LogP contribution in [0.5, 0.6) is 11.5 Å². The molecule has 1 heterocycles. The number of methoxy groups -OCH3 is 2. The number of amides is 1. The SMILES string of the molecule is COc1cc2ncn(CCCC(=O)N(C)CCCC(=O)OC(C)(C)C)c(=O)c2cc1OC. The molecule has 0 atom stereocenters. The lowest BCUT2D eigenvalue weighted by Gasteiger charge is -2.20. The van der Waals surface area contributed by atoms with E-state index in [1.54, 1.807) is 24.1 Å². The maximum absolute atomic E-state index is 12.8. The Hall–Kier alpha value is -3.10. The molecule has 2 aromatic rings. The summed E-state index contributed by atoms with van der Waals surface area (Å²) < 4.78 is 17.3. The van der Waals surface area contributed by atoms with E-state index in [0.29, 0.717) is 54.8 Å². The second-order valence-electron chi connectivity index (χ2n) is 8.58. The summed E-state index contributed by atoms with van der Waals surface area (Å²) in [5, 5.41) is 0.427. The van der Waals surface area contributed by atoms with Gasteiger partial charge in [0.15, 0.2) is 11.5 Å². The van der Waals surface area contributed by atoms with Crippen LogP contribution in [0.4, 0.5) is 0 Å². The molecule has 0 saturated carbocycles. The Morgan fingerprint density at radius 3 is 2.34 bits per heavy atom. The largest absolute Gasteiger partial charge is 0.493 e. The van der Waals surface area contributed by atoms with Crippen LogP contribution in [-0.4, -0.2) is 59.7 Å². The van der Waals surface area contributed by atoms with Gasteiger partial charge in [-0.25, -0.2) is 4.98 Å². The molecular formula is C23H33N3O6. The van der Waals surface area contributed by atoms with Crippen LogP contribution < -0.4 is 15.0 Å². The van der Waals surface area contributed by atoms with Gasteiger partial charge in [0.25, 0.3) is 5.56 Å². The second kappa shape index (κ2) is 11.0. The first-order valence-corrected chi connectivity index (χ1v) is 10.6. The molecule has 0 aliphatic carbocycles. The van der Waals surface area contributed by atoms with E-state index >= 15 is 0 Å². The number of fused-ring (bicyclic) bond motifs is 1. The normalized spacial score (nSPS) is 11.3. The number of aryl methyl sites for hydroxylation is 1. The molecule has 0 aliphatic rings. The van der Waals surface area contributed by atoms with Gasteiger partial charge >= 0.3 is 5.97 Å². The van der Waals surface area contributed by atoms with Crippen molar-refractivity contribution in [2.45, 2.75) is 58.6 Å². The molecule has 1 amide bonds. The zero-order valence-corrected chi connectivity index (χ0v) is 19.8. The highest BCUT2D eigenvalue weighted by molar-refractivity contribution is 5.81. The van der Waals surface area contributed by atoms with Crippen LogP contribution in [0.1, 0.15) is 46.5 Å². The van der Waals surface area contributed by atoms with Gasteiger partial charge in [-0.05, 0) is 39.7 Å². The van der Waals surface area contributed by atoms with Crippen LogP contribution in [0.2, 0.25) is 0 Å². The van der Waals surface area contributed by atoms with Gasteiger partial charge in [0.2, 0.25) is 5.91 Å². The zero-order valence-electron chi connectivity index (χ0n) is 19.8. The van der Waals surface area contributed by atoms with Gasteiger partial charge in [0, 0.05) is 39.0 Å². The summed E-state index contributed by atoms with van der Waals surface area (Å²) in [6.07, 6.45) is 3.07. The van der Waals surface area contributed by atoms with Gasteiger partial charge in [-0.3, -0.25) is 19.0 Å². The molecule has 176 valence electrons. The zero-order chi connectivity index (χ0) is 23.9. The van der Waals surface area contributed by atoms with Crippen LogP contribution in [-0.2, 0) is 20.9 Å². The number of ether oxygens (including phenoxy) is 3. The van der Waals surface area contributed by atoms with Crippen molar-refractivity contribution < 1.29 is 23.8 Å². The van der Waals surface area contributed by atoms with Gasteiger partial charge in [-0.15, -0.1) is 0 Å². The Morgan fingerprint density at radius 2 is 1.72 bits per heavy atom. The molecule has 2 rings (SSSR count). The molecule has 0 radical (unpaired) electrons. The van der Waals surface area contributed by atoms with Crippen molar-refractivity contribution in [3.63, 3.8) is 0 Å². The highest BCUT2D eigenvalue weighted by Crippen LogP contribution is 2.29. The molecule has 0 aliphatic heterocycles. The molecule has 0 fully saturated rings. The number of aromatic nitrogens is 2. The van der Waals surface area contributed by atoms with E-state index in [2.05, 4.69) is 4.98 Å². The van der Waals surface area contributed by atoms with Crippen molar-refractivity contribution >= 4 is 22.8 Å². The molecule has 1 aromatic heterocycles. The van der Waals surface area contributed by atoms with E-state index in [-0.39, 0.29) is 23.9 Å². The third-order valence-electron chi connectivity index (χ3n) is 4.84. The van der Waals surface area contributed by atoms with Crippen LogP contribution in [0.3, 0.4) is 0 Å². The first-order chi connectivity index (χ1) is 15.1. The number of hydrogen-bond donors (Lipinski definition) is 0. The Morgan fingerprint density at radius 1 is 1.06 bits per heavy atom. The summed E-state index contributed by atoms with van der Waals surface area (Å²) in [6.45, 7) is 6.31. The summed E-state index contributed by atoms with van der Waals surface area (Å²) in [6, 6.07) is 3.28. The van der Waals surface area contributed by atoms with Gasteiger partial charge in [-0.1, -0.05) is 0 Å². The summed E-state index contributed by atoms with van der Waals surface area (Å²) in [5.74, 6) is 0.656. The summed E-state index contributed by atoms with van der Waals surface area (Å²) in [4.78, 5) is 42.9. The minimum atomic E-state index is -0.508. The Bertz CT molecular complexity index is 1010. The van der Waals surface area contributed by atoms with E-state index in [0.717, 1.165) is 0 Å². The van der Waals surface area contributed by atoms with Crippen LogP contribution in [0, 0.1) is 0 Å². The lowest BCUT2D eigenvalue weighted by atomic mass is 10.2. The van der Waals surface area contributed by atoms with Crippen LogP contribution in [0.15, 0.2) is 23.3 Å².